The average Bonchev–Trinajstić information content (AvgIpc) is 2.57. The SMILES string of the molecule is CCC(=O)NCc1cc(S(=O)(=O)N[C@H](CC(C)C)C(=O)O)ccc1OC. The number of amides is 1. The predicted octanol–water partition coefficient (Wildman–Crippen LogP) is 1.50. The van der Waals surface area contributed by atoms with Crippen molar-refractivity contribution < 1.29 is 27.9 Å². The molecule has 1 aromatic rings. The van der Waals surface area contributed by atoms with Crippen LogP contribution >= 0.6 is 0 Å². The number of carboxylic acid groups (broad SMARTS) is 1. The normalized spacial score (nSPS) is 12.7. The van der Waals surface area contributed by atoms with Gasteiger partial charge in [0.25, 0.3) is 0 Å². The molecule has 1 atom stereocenters. The van der Waals surface area contributed by atoms with Crippen LogP contribution in [0, 0.1) is 5.92 Å². The Bertz CT molecular complexity index is 746. The number of carbonyl (C=O) groups excluding carboxylic acids is 1. The van der Waals surface area contributed by atoms with E-state index in [4.69, 9.17) is 4.74 Å². The van der Waals surface area contributed by atoms with Crippen molar-refractivity contribution in [3.05, 3.63) is 23.8 Å². The summed E-state index contributed by atoms with van der Waals surface area (Å²) >= 11 is 0. The summed E-state index contributed by atoms with van der Waals surface area (Å²) in [6.07, 6.45) is 0.474. The molecule has 1 amide bonds. The summed E-state index contributed by atoms with van der Waals surface area (Å²) in [4.78, 5) is 22.7. The van der Waals surface area contributed by atoms with Crippen LogP contribution in [0.5, 0.6) is 5.75 Å². The maximum Gasteiger partial charge on any atom is 0.321 e. The number of aliphatic carboxylic acids is 1. The highest BCUT2D eigenvalue weighted by Crippen LogP contribution is 2.23. The van der Waals surface area contributed by atoms with Gasteiger partial charge in [0.15, 0.2) is 0 Å². The van der Waals surface area contributed by atoms with E-state index < -0.39 is 22.0 Å². The molecule has 0 spiro atoms. The van der Waals surface area contributed by atoms with Crippen molar-refractivity contribution in [1.82, 2.24) is 10.0 Å². The van der Waals surface area contributed by atoms with Crippen molar-refractivity contribution in [3.63, 3.8) is 0 Å². The first-order chi connectivity index (χ1) is 12.1. The van der Waals surface area contributed by atoms with Crippen molar-refractivity contribution in [2.45, 2.75) is 51.1 Å². The third kappa shape index (κ3) is 6.30. The lowest BCUT2D eigenvalue weighted by Gasteiger charge is -2.17. The molecule has 0 fully saturated rings. The molecule has 1 aromatic carbocycles. The van der Waals surface area contributed by atoms with Crippen molar-refractivity contribution >= 4 is 21.9 Å². The van der Waals surface area contributed by atoms with Gasteiger partial charge in [0.2, 0.25) is 15.9 Å². The first kappa shape index (κ1) is 21.9. The molecule has 0 unspecified atom stereocenters. The fourth-order valence-corrected chi connectivity index (χ4v) is 3.56. The second-order valence-electron chi connectivity index (χ2n) is 6.25. The fraction of sp³-hybridized carbons (Fsp3) is 0.529. The predicted molar refractivity (Wildman–Crippen MR) is 96.3 cm³/mol. The van der Waals surface area contributed by atoms with Crippen LogP contribution in [0.3, 0.4) is 0 Å². The lowest BCUT2D eigenvalue weighted by Crippen LogP contribution is -2.41. The molecule has 0 aliphatic carbocycles. The molecule has 0 radical (unpaired) electrons. The van der Waals surface area contributed by atoms with Gasteiger partial charge in [0.05, 0.1) is 12.0 Å². The molecule has 9 heteroatoms. The van der Waals surface area contributed by atoms with Gasteiger partial charge in [0, 0.05) is 18.5 Å². The summed E-state index contributed by atoms with van der Waals surface area (Å²) in [6, 6.07) is 2.96. The standard InChI is InChI=1S/C17H26N2O6S/c1-5-16(20)18-10-12-9-13(6-7-15(12)25-4)26(23,24)19-14(17(21)22)8-11(2)3/h6-7,9,11,14,19H,5,8,10H2,1-4H3,(H,18,20)(H,21,22)/t14-/m1/s1. The van der Waals surface area contributed by atoms with E-state index in [-0.39, 0.29) is 29.7 Å². The lowest BCUT2D eigenvalue weighted by atomic mass is 10.1. The number of ether oxygens (including phenoxy) is 1. The van der Waals surface area contributed by atoms with E-state index in [0.717, 1.165) is 0 Å². The Hall–Kier alpha value is -2.13. The summed E-state index contributed by atoms with van der Waals surface area (Å²) in [5.41, 5.74) is 0.480. The summed E-state index contributed by atoms with van der Waals surface area (Å²) < 4.78 is 32.6. The van der Waals surface area contributed by atoms with E-state index in [9.17, 15) is 23.1 Å². The number of rotatable bonds is 10. The van der Waals surface area contributed by atoms with Gasteiger partial charge in [-0.15, -0.1) is 0 Å². The molecule has 8 nitrogen and oxygen atoms in total. The van der Waals surface area contributed by atoms with E-state index in [1.54, 1.807) is 6.92 Å². The minimum absolute atomic E-state index is 0.00878. The number of carboxylic acids is 1. The highest BCUT2D eigenvalue weighted by molar-refractivity contribution is 7.89. The van der Waals surface area contributed by atoms with E-state index in [1.807, 2.05) is 13.8 Å². The molecule has 3 N–H and O–H groups in total. The van der Waals surface area contributed by atoms with Gasteiger partial charge in [-0.3, -0.25) is 9.59 Å². The highest BCUT2D eigenvalue weighted by atomic mass is 32.2. The van der Waals surface area contributed by atoms with E-state index in [0.29, 0.717) is 17.7 Å². The van der Waals surface area contributed by atoms with Crippen LogP contribution in [0.4, 0.5) is 0 Å². The molecule has 26 heavy (non-hydrogen) atoms. The van der Waals surface area contributed by atoms with Gasteiger partial charge < -0.3 is 15.2 Å². The van der Waals surface area contributed by atoms with Crippen LogP contribution in [-0.2, 0) is 26.2 Å². The Morgan fingerprint density at radius 3 is 2.42 bits per heavy atom. The molecule has 0 heterocycles. The Kier molecular flexibility index (Phi) is 8.04. The Balaban J connectivity index is 3.11. The summed E-state index contributed by atoms with van der Waals surface area (Å²) in [6.45, 7) is 5.43. The third-order valence-corrected chi connectivity index (χ3v) is 5.13. The molecule has 0 aliphatic rings. The number of carbonyl (C=O) groups is 2. The second-order valence-corrected chi connectivity index (χ2v) is 7.96. The third-order valence-electron chi connectivity index (χ3n) is 3.66. The number of hydrogen-bond acceptors (Lipinski definition) is 5. The zero-order valence-corrected chi connectivity index (χ0v) is 16.2. The summed E-state index contributed by atoms with van der Waals surface area (Å²) in [5.74, 6) is -0.973. The Morgan fingerprint density at radius 1 is 1.27 bits per heavy atom. The van der Waals surface area contributed by atoms with Gasteiger partial charge in [-0.25, -0.2) is 8.42 Å². The average molecular weight is 386 g/mol. The summed E-state index contributed by atoms with van der Waals surface area (Å²) in [7, 11) is -2.60. The summed E-state index contributed by atoms with van der Waals surface area (Å²) in [5, 5.41) is 11.9. The minimum atomic E-state index is -4.04. The van der Waals surface area contributed by atoms with Gasteiger partial charge in [0.1, 0.15) is 11.8 Å². The van der Waals surface area contributed by atoms with Gasteiger partial charge >= 0.3 is 5.97 Å². The molecule has 0 saturated carbocycles. The van der Waals surface area contributed by atoms with Gasteiger partial charge in [-0.2, -0.15) is 4.72 Å². The van der Waals surface area contributed by atoms with Crippen molar-refractivity contribution in [2.75, 3.05) is 7.11 Å². The van der Waals surface area contributed by atoms with Crippen LogP contribution in [0.15, 0.2) is 23.1 Å². The molecular formula is C17H26N2O6S. The first-order valence-corrected chi connectivity index (χ1v) is 9.77. The molecule has 1 rings (SSSR count). The smallest absolute Gasteiger partial charge is 0.321 e. The molecule has 0 aliphatic heterocycles. The minimum Gasteiger partial charge on any atom is -0.496 e. The number of methoxy groups -OCH3 is 1. The number of benzene rings is 1. The topological polar surface area (TPSA) is 122 Å². The van der Waals surface area contributed by atoms with Gasteiger partial charge in [-0.05, 0) is 30.5 Å². The fourth-order valence-electron chi connectivity index (χ4n) is 2.31. The van der Waals surface area contributed by atoms with Crippen LogP contribution in [0.25, 0.3) is 0 Å². The van der Waals surface area contributed by atoms with Crippen molar-refractivity contribution in [1.29, 1.82) is 0 Å². The molecule has 146 valence electrons. The van der Waals surface area contributed by atoms with E-state index in [2.05, 4.69) is 10.0 Å². The largest absolute Gasteiger partial charge is 0.496 e. The van der Waals surface area contributed by atoms with Crippen molar-refractivity contribution in [2.24, 2.45) is 5.92 Å². The zero-order chi connectivity index (χ0) is 19.9. The van der Waals surface area contributed by atoms with E-state index >= 15 is 0 Å². The second kappa shape index (κ2) is 9.54. The van der Waals surface area contributed by atoms with Crippen LogP contribution < -0.4 is 14.8 Å². The number of sulfonamides is 1. The van der Waals surface area contributed by atoms with Crippen LogP contribution in [0.2, 0.25) is 0 Å². The number of hydrogen-bond donors (Lipinski definition) is 3. The monoisotopic (exact) mass is 386 g/mol. The maximum atomic E-state index is 12.6. The first-order valence-electron chi connectivity index (χ1n) is 8.29. The molecule has 0 aromatic heterocycles. The Labute approximate surface area is 154 Å². The zero-order valence-electron chi connectivity index (χ0n) is 15.4. The van der Waals surface area contributed by atoms with Crippen LogP contribution in [-0.4, -0.2) is 38.6 Å². The molecule has 0 saturated heterocycles. The van der Waals surface area contributed by atoms with Gasteiger partial charge in [-0.1, -0.05) is 20.8 Å². The maximum absolute atomic E-state index is 12.6. The molecular weight excluding hydrogens is 360 g/mol. The van der Waals surface area contributed by atoms with Crippen LogP contribution in [0.1, 0.15) is 39.2 Å². The molecule has 0 bridgehead atoms. The van der Waals surface area contributed by atoms with Crippen molar-refractivity contribution in [3.8, 4) is 5.75 Å². The highest BCUT2D eigenvalue weighted by Gasteiger charge is 2.26. The Morgan fingerprint density at radius 2 is 1.92 bits per heavy atom. The quantitative estimate of drug-likeness (QED) is 0.560. The lowest BCUT2D eigenvalue weighted by molar-refractivity contribution is -0.139. The number of nitrogens with one attached hydrogen (secondary N) is 2. The van der Waals surface area contributed by atoms with E-state index in [1.165, 1.54) is 25.3 Å².